The van der Waals surface area contributed by atoms with Gasteiger partial charge in [-0.1, -0.05) is 17.2 Å². The molecule has 1 N–H and O–H groups in total. The van der Waals surface area contributed by atoms with Crippen molar-refractivity contribution < 1.29 is 31.8 Å². The SMILES string of the molecule is COc1cc(C=CC(=O)Nc2nnc(Cc3ccc(S(C)(=O)=O)cc3)o2)cc(OC)c1OC. The van der Waals surface area contributed by atoms with Gasteiger partial charge in [0.2, 0.25) is 11.6 Å². The predicted molar refractivity (Wildman–Crippen MR) is 120 cm³/mol. The summed E-state index contributed by atoms with van der Waals surface area (Å²) in [5.74, 6) is 1.17. The van der Waals surface area contributed by atoms with Crippen LogP contribution in [0.15, 0.2) is 51.8 Å². The molecule has 1 aromatic heterocycles. The molecular formula is C22H23N3O7S. The maximum Gasteiger partial charge on any atom is 0.322 e. The van der Waals surface area contributed by atoms with Crippen molar-refractivity contribution in [3.8, 4) is 17.2 Å². The van der Waals surface area contributed by atoms with E-state index in [-0.39, 0.29) is 23.2 Å². The second kappa shape index (κ2) is 10.2. The van der Waals surface area contributed by atoms with E-state index in [1.807, 2.05) is 0 Å². The zero-order valence-corrected chi connectivity index (χ0v) is 19.3. The average molecular weight is 474 g/mol. The fourth-order valence-electron chi connectivity index (χ4n) is 2.92. The highest BCUT2D eigenvalue weighted by Gasteiger charge is 2.13. The maximum absolute atomic E-state index is 12.2. The number of benzene rings is 2. The van der Waals surface area contributed by atoms with E-state index in [1.54, 1.807) is 30.3 Å². The summed E-state index contributed by atoms with van der Waals surface area (Å²) in [6, 6.07) is 9.70. The molecule has 0 atom stereocenters. The first kappa shape index (κ1) is 23.8. The lowest BCUT2D eigenvalue weighted by atomic mass is 10.1. The average Bonchev–Trinajstić information content (AvgIpc) is 3.23. The van der Waals surface area contributed by atoms with Crippen LogP contribution in [-0.2, 0) is 21.1 Å². The first-order valence-electron chi connectivity index (χ1n) is 9.64. The monoisotopic (exact) mass is 473 g/mol. The smallest absolute Gasteiger partial charge is 0.322 e. The van der Waals surface area contributed by atoms with Crippen LogP contribution in [0.5, 0.6) is 17.2 Å². The number of sulfone groups is 1. The van der Waals surface area contributed by atoms with E-state index in [9.17, 15) is 13.2 Å². The molecule has 0 aliphatic rings. The first-order valence-corrected chi connectivity index (χ1v) is 11.5. The van der Waals surface area contributed by atoms with E-state index in [4.69, 9.17) is 18.6 Å². The molecule has 1 amide bonds. The molecule has 0 fully saturated rings. The highest BCUT2D eigenvalue weighted by Crippen LogP contribution is 2.38. The normalized spacial score (nSPS) is 11.4. The molecule has 0 saturated carbocycles. The second-order valence-electron chi connectivity index (χ2n) is 6.88. The Bertz CT molecular complexity index is 1240. The summed E-state index contributed by atoms with van der Waals surface area (Å²) >= 11 is 0. The van der Waals surface area contributed by atoms with E-state index in [0.717, 1.165) is 11.8 Å². The van der Waals surface area contributed by atoms with Gasteiger partial charge in [0.15, 0.2) is 21.3 Å². The fourth-order valence-corrected chi connectivity index (χ4v) is 3.55. The molecule has 2 aromatic carbocycles. The molecule has 1 heterocycles. The number of carbonyl (C=O) groups is 1. The fraction of sp³-hybridized carbons (Fsp3) is 0.227. The Labute approximate surface area is 191 Å². The molecule has 0 aliphatic carbocycles. The van der Waals surface area contributed by atoms with E-state index in [1.165, 1.54) is 39.5 Å². The Morgan fingerprint density at radius 1 is 1.03 bits per heavy atom. The lowest BCUT2D eigenvalue weighted by Gasteiger charge is -2.12. The molecule has 0 spiro atoms. The summed E-state index contributed by atoms with van der Waals surface area (Å²) in [5, 5.41) is 10.2. The summed E-state index contributed by atoms with van der Waals surface area (Å²) in [7, 11) is 1.25. The first-order chi connectivity index (χ1) is 15.7. The number of ether oxygens (including phenoxy) is 3. The highest BCUT2D eigenvalue weighted by molar-refractivity contribution is 7.90. The van der Waals surface area contributed by atoms with Gasteiger partial charge < -0.3 is 18.6 Å². The summed E-state index contributed by atoms with van der Waals surface area (Å²) < 4.78 is 44.4. The number of nitrogens with one attached hydrogen (secondary N) is 1. The van der Waals surface area contributed by atoms with Crippen LogP contribution >= 0.6 is 0 Å². The van der Waals surface area contributed by atoms with Gasteiger partial charge >= 0.3 is 6.01 Å². The van der Waals surface area contributed by atoms with E-state index < -0.39 is 15.7 Å². The van der Waals surface area contributed by atoms with Gasteiger partial charge in [-0.15, -0.1) is 5.10 Å². The molecule has 0 aliphatic heterocycles. The molecule has 11 heteroatoms. The molecule has 0 bridgehead atoms. The molecule has 0 radical (unpaired) electrons. The molecule has 3 rings (SSSR count). The van der Waals surface area contributed by atoms with Crippen molar-refractivity contribution in [2.45, 2.75) is 11.3 Å². The van der Waals surface area contributed by atoms with Crippen molar-refractivity contribution in [1.82, 2.24) is 10.2 Å². The minimum atomic E-state index is -3.26. The Morgan fingerprint density at radius 2 is 1.67 bits per heavy atom. The van der Waals surface area contributed by atoms with E-state index in [0.29, 0.717) is 22.8 Å². The third-order valence-corrected chi connectivity index (χ3v) is 5.65. The Balaban J connectivity index is 1.64. The molecule has 0 unspecified atom stereocenters. The number of methoxy groups -OCH3 is 3. The van der Waals surface area contributed by atoms with Crippen molar-refractivity contribution >= 4 is 27.8 Å². The van der Waals surface area contributed by atoms with Gasteiger partial charge in [0, 0.05) is 12.3 Å². The van der Waals surface area contributed by atoms with Gasteiger partial charge in [-0.2, -0.15) is 0 Å². The van der Waals surface area contributed by atoms with Crippen LogP contribution in [0.3, 0.4) is 0 Å². The number of amides is 1. The van der Waals surface area contributed by atoms with Crippen molar-refractivity contribution in [3.05, 3.63) is 59.5 Å². The largest absolute Gasteiger partial charge is 0.493 e. The number of carbonyl (C=O) groups excluding carboxylic acids is 1. The van der Waals surface area contributed by atoms with Crippen LogP contribution in [0.2, 0.25) is 0 Å². The Hall–Kier alpha value is -3.86. The predicted octanol–water partition coefficient (Wildman–Crippen LogP) is 2.74. The van der Waals surface area contributed by atoms with Crippen molar-refractivity contribution in [2.75, 3.05) is 32.9 Å². The summed E-state index contributed by atoms with van der Waals surface area (Å²) in [6.07, 6.45) is 4.30. The molecule has 33 heavy (non-hydrogen) atoms. The maximum atomic E-state index is 12.2. The van der Waals surface area contributed by atoms with Crippen molar-refractivity contribution in [1.29, 1.82) is 0 Å². The number of aromatic nitrogens is 2. The van der Waals surface area contributed by atoms with Crippen LogP contribution in [-0.4, -0.2) is 52.1 Å². The molecule has 0 saturated heterocycles. The molecule has 3 aromatic rings. The number of nitrogens with zero attached hydrogens (tertiary/aromatic N) is 2. The Morgan fingerprint density at radius 3 is 2.21 bits per heavy atom. The van der Waals surface area contributed by atoms with Crippen molar-refractivity contribution in [3.63, 3.8) is 0 Å². The summed E-state index contributed by atoms with van der Waals surface area (Å²) in [4.78, 5) is 12.5. The summed E-state index contributed by atoms with van der Waals surface area (Å²) in [5.41, 5.74) is 1.44. The van der Waals surface area contributed by atoms with Crippen LogP contribution in [0, 0.1) is 0 Å². The van der Waals surface area contributed by atoms with Gasteiger partial charge in [0.25, 0.3) is 5.91 Å². The topological polar surface area (TPSA) is 130 Å². The third-order valence-electron chi connectivity index (χ3n) is 4.52. The summed E-state index contributed by atoms with van der Waals surface area (Å²) in [6.45, 7) is 0. The van der Waals surface area contributed by atoms with Crippen LogP contribution in [0.4, 0.5) is 6.01 Å². The molecule has 10 nitrogen and oxygen atoms in total. The van der Waals surface area contributed by atoms with Gasteiger partial charge in [0.05, 0.1) is 32.6 Å². The number of anilines is 1. The zero-order chi connectivity index (χ0) is 24.0. The molecule has 174 valence electrons. The van der Waals surface area contributed by atoms with E-state index >= 15 is 0 Å². The second-order valence-corrected chi connectivity index (χ2v) is 8.89. The lowest BCUT2D eigenvalue weighted by molar-refractivity contribution is -0.112. The van der Waals surface area contributed by atoms with Crippen LogP contribution in [0.1, 0.15) is 17.0 Å². The number of hydrogen-bond donors (Lipinski definition) is 1. The van der Waals surface area contributed by atoms with E-state index in [2.05, 4.69) is 15.5 Å². The van der Waals surface area contributed by atoms with Gasteiger partial charge in [0.1, 0.15) is 0 Å². The third kappa shape index (κ3) is 6.10. The number of hydrogen-bond acceptors (Lipinski definition) is 9. The standard InChI is InChI=1S/C22H23N3O7S/c1-29-17-11-15(12-18(30-2)21(17)31-3)7-10-19(26)23-22-25-24-20(32-22)13-14-5-8-16(9-6-14)33(4,27)28/h5-12H,13H2,1-4H3,(H,23,25,26). The van der Waals surface area contributed by atoms with Crippen molar-refractivity contribution in [2.24, 2.45) is 0 Å². The minimum absolute atomic E-state index is 0.0581. The lowest BCUT2D eigenvalue weighted by Crippen LogP contribution is -2.07. The van der Waals surface area contributed by atoms with Crippen LogP contribution < -0.4 is 19.5 Å². The Kier molecular flexibility index (Phi) is 7.34. The quantitative estimate of drug-likeness (QED) is 0.466. The van der Waals surface area contributed by atoms with Gasteiger partial charge in [-0.3, -0.25) is 10.1 Å². The zero-order valence-electron chi connectivity index (χ0n) is 18.5. The minimum Gasteiger partial charge on any atom is -0.493 e. The van der Waals surface area contributed by atoms with Gasteiger partial charge in [-0.25, -0.2) is 8.42 Å². The van der Waals surface area contributed by atoms with Crippen LogP contribution in [0.25, 0.3) is 6.08 Å². The number of rotatable bonds is 9. The molecular weight excluding hydrogens is 450 g/mol. The van der Waals surface area contributed by atoms with Gasteiger partial charge in [-0.05, 0) is 41.5 Å². The highest BCUT2D eigenvalue weighted by atomic mass is 32.2.